The van der Waals surface area contributed by atoms with Gasteiger partial charge in [-0.2, -0.15) is 4.98 Å². The molecule has 1 amide bonds. The smallest absolute Gasteiger partial charge is 0.258 e. The van der Waals surface area contributed by atoms with Gasteiger partial charge in [-0.05, 0) is 48.7 Å². The zero-order valence-electron chi connectivity index (χ0n) is 17.6. The maximum atomic E-state index is 12.5. The third-order valence-electron chi connectivity index (χ3n) is 4.45. The van der Waals surface area contributed by atoms with Gasteiger partial charge in [0, 0.05) is 11.6 Å². The normalized spacial score (nSPS) is 10.7. The molecule has 2 N–H and O–H groups in total. The van der Waals surface area contributed by atoms with Gasteiger partial charge in [0.15, 0.2) is 5.82 Å². The second kappa shape index (κ2) is 9.78. The molecule has 0 aliphatic carbocycles. The fourth-order valence-corrected chi connectivity index (χ4v) is 2.72. The number of hydrogen-bond acceptors (Lipinski definition) is 6. The molecule has 0 saturated heterocycles. The number of amides is 1. The molecule has 0 fully saturated rings. The van der Waals surface area contributed by atoms with Gasteiger partial charge in [-0.25, -0.2) is 0 Å². The molecule has 3 aromatic rings. The fraction of sp³-hybridized carbons (Fsp3) is 0.318. The van der Waals surface area contributed by atoms with E-state index in [4.69, 9.17) is 14.2 Å². The highest BCUT2D eigenvalue weighted by atomic mass is 16.5. The summed E-state index contributed by atoms with van der Waals surface area (Å²) in [4.78, 5) is 16.8. The highest BCUT2D eigenvalue weighted by Gasteiger charge is 2.14. The van der Waals surface area contributed by atoms with E-state index in [9.17, 15) is 4.79 Å². The Hall–Kier alpha value is -3.55. The van der Waals surface area contributed by atoms with Gasteiger partial charge in [-0.1, -0.05) is 13.8 Å². The van der Waals surface area contributed by atoms with Crippen LogP contribution in [0.5, 0.6) is 17.2 Å². The summed E-state index contributed by atoms with van der Waals surface area (Å²) in [5.74, 6) is 2.90. The number of H-pyrrole nitrogens is 1. The number of carbonyl (C=O) groups is 1. The quantitative estimate of drug-likeness (QED) is 0.549. The molecule has 158 valence electrons. The second-order valence-corrected chi connectivity index (χ2v) is 7.08. The molecule has 1 heterocycles. The van der Waals surface area contributed by atoms with Gasteiger partial charge < -0.3 is 14.2 Å². The lowest BCUT2D eigenvalue weighted by Gasteiger charge is -2.08. The zero-order chi connectivity index (χ0) is 21.5. The summed E-state index contributed by atoms with van der Waals surface area (Å²) < 4.78 is 16.3. The standard InChI is InChI=1S/C22H26N4O4/c1-14(2)11-12-30-16-7-5-15(6-8-16)21(27)24-22-23-20(25-26-22)18-10-9-17(28-3)13-19(18)29-4/h5-10,13-14H,11-12H2,1-4H3,(H2,23,24,25,26,27). The number of anilines is 1. The minimum Gasteiger partial charge on any atom is -0.497 e. The Labute approximate surface area is 175 Å². The van der Waals surface area contributed by atoms with Gasteiger partial charge in [-0.3, -0.25) is 15.2 Å². The third kappa shape index (κ3) is 5.28. The molecule has 0 aliphatic rings. The van der Waals surface area contributed by atoms with Crippen LogP contribution in [0, 0.1) is 5.92 Å². The number of methoxy groups -OCH3 is 2. The first-order valence-electron chi connectivity index (χ1n) is 9.69. The summed E-state index contributed by atoms with van der Waals surface area (Å²) in [6.45, 7) is 4.95. The Morgan fingerprint density at radius 3 is 2.47 bits per heavy atom. The number of nitrogens with one attached hydrogen (secondary N) is 2. The first-order valence-corrected chi connectivity index (χ1v) is 9.69. The Kier molecular flexibility index (Phi) is 6.90. The van der Waals surface area contributed by atoms with Crippen molar-refractivity contribution in [2.24, 2.45) is 5.92 Å². The van der Waals surface area contributed by atoms with Gasteiger partial charge in [0.2, 0.25) is 5.95 Å². The molecule has 3 rings (SSSR count). The van der Waals surface area contributed by atoms with Crippen LogP contribution in [0.3, 0.4) is 0 Å². The van der Waals surface area contributed by atoms with Gasteiger partial charge >= 0.3 is 0 Å². The minimum atomic E-state index is -0.309. The maximum Gasteiger partial charge on any atom is 0.258 e. The Morgan fingerprint density at radius 2 is 1.80 bits per heavy atom. The van der Waals surface area contributed by atoms with Crippen molar-refractivity contribution < 1.29 is 19.0 Å². The SMILES string of the molecule is COc1ccc(-c2nc(NC(=O)c3ccc(OCCC(C)C)cc3)n[nH]2)c(OC)c1. The summed E-state index contributed by atoms with van der Waals surface area (Å²) >= 11 is 0. The number of carbonyl (C=O) groups excluding carboxylic acids is 1. The van der Waals surface area contributed by atoms with Crippen molar-refractivity contribution in [1.29, 1.82) is 0 Å². The number of ether oxygens (including phenoxy) is 3. The van der Waals surface area contributed by atoms with Crippen LogP contribution in [-0.4, -0.2) is 41.9 Å². The largest absolute Gasteiger partial charge is 0.497 e. The van der Waals surface area contributed by atoms with E-state index < -0.39 is 0 Å². The van der Waals surface area contributed by atoms with E-state index in [0.29, 0.717) is 41.0 Å². The Morgan fingerprint density at radius 1 is 1.07 bits per heavy atom. The number of hydrogen-bond donors (Lipinski definition) is 2. The van der Waals surface area contributed by atoms with Crippen LogP contribution in [-0.2, 0) is 0 Å². The predicted octanol–water partition coefficient (Wildman–Crippen LogP) is 4.17. The van der Waals surface area contributed by atoms with E-state index >= 15 is 0 Å². The van der Waals surface area contributed by atoms with E-state index in [1.807, 2.05) is 6.07 Å². The van der Waals surface area contributed by atoms with E-state index in [1.54, 1.807) is 50.6 Å². The molecule has 1 aromatic heterocycles. The van der Waals surface area contributed by atoms with Crippen LogP contribution in [0.1, 0.15) is 30.6 Å². The monoisotopic (exact) mass is 410 g/mol. The van der Waals surface area contributed by atoms with Crippen LogP contribution >= 0.6 is 0 Å². The lowest BCUT2D eigenvalue weighted by Crippen LogP contribution is -2.13. The summed E-state index contributed by atoms with van der Waals surface area (Å²) in [6.07, 6.45) is 0.981. The Balaban J connectivity index is 1.65. The van der Waals surface area contributed by atoms with Gasteiger partial charge in [0.05, 0.1) is 26.4 Å². The van der Waals surface area contributed by atoms with Gasteiger partial charge in [-0.15, -0.1) is 5.10 Å². The van der Waals surface area contributed by atoms with Crippen LogP contribution in [0.25, 0.3) is 11.4 Å². The first-order chi connectivity index (χ1) is 14.5. The topological polar surface area (TPSA) is 98.4 Å². The van der Waals surface area contributed by atoms with Crippen molar-refractivity contribution >= 4 is 11.9 Å². The number of rotatable bonds is 9. The number of nitrogens with zero attached hydrogens (tertiary/aromatic N) is 2. The predicted molar refractivity (Wildman–Crippen MR) is 114 cm³/mol. The van der Waals surface area contributed by atoms with Crippen LogP contribution in [0.4, 0.5) is 5.95 Å². The molecule has 0 unspecified atom stereocenters. The van der Waals surface area contributed by atoms with Crippen molar-refractivity contribution in [2.75, 3.05) is 26.1 Å². The van der Waals surface area contributed by atoms with Gasteiger partial charge in [0.1, 0.15) is 17.2 Å². The van der Waals surface area contributed by atoms with Crippen LogP contribution < -0.4 is 19.5 Å². The molecule has 0 atom stereocenters. The summed E-state index contributed by atoms with van der Waals surface area (Å²) in [7, 11) is 3.15. The summed E-state index contributed by atoms with van der Waals surface area (Å²) in [5.41, 5.74) is 1.19. The van der Waals surface area contributed by atoms with Crippen LogP contribution in [0.15, 0.2) is 42.5 Å². The van der Waals surface area contributed by atoms with Crippen molar-refractivity contribution in [3.8, 4) is 28.6 Å². The lowest BCUT2D eigenvalue weighted by molar-refractivity contribution is 0.102. The molecule has 2 aromatic carbocycles. The average molecular weight is 410 g/mol. The lowest BCUT2D eigenvalue weighted by atomic mass is 10.1. The van der Waals surface area contributed by atoms with Crippen molar-refractivity contribution in [3.05, 3.63) is 48.0 Å². The highest BCUT2D eigenvalue weighted by Crippen LogP contribution is 2.31. The molecular weight excluding hydrogens is 384 g/mol. The molecular formula is C22H26N4O4. The molecule has 0 spiro atoms. The summed E-state index contributed by atoms with van der Waals surface area (Å²) in [5, 5.41) is 9.57. The molecule has 0 saturated carbocycles. The average Bonchev–Trinajstić information content (AvgIpc) is 3.21. The number of benzene rings is 2. The van der Waals surface area contributed by atoms with Crippen molar-refractivity contribution in [2.45, 2.75) is 20.3 Å². The fourth-order valence-electron chi connectivity index (χ4n) is 2.72. The first kappa shape index (κ1) is 21.2. The van der Waals surface area contributed by atoms with E-state index in [1.165, 1.54) is 0 Å². The molecule has 8 nitrogen and oxygen atoms in total. The maximum absolute atomic E-state index is 12.5. The second-order valence-electron chi connectivity index (χ2n) is 7.08. The zero-order valence-corrected chi connectivity index (χ0v) is 17.6. The highest BCUT2D eigenvalue weighted by molar-refractivity contribution is 6.03. The van der Waals surface area contributed by atoms with E-state index in [0.717, 1.165) is 12.2 Å². The molecule has 0 radical (unpaired) electrons. The summed E-state index contributed by atoms with van der Waals surface area (Å²) in [6, 6.07) is 12.3. The number of aromatic nitrogens is 3. The van der Waals surface area contributed by atoms with Crippen LogP contribution in [0.2, 0.25) is 0 Å². The van der Waals surface area contributed by atoms with Crippen molar-refractivity contribution in [1.82, 2.24) is 15.2 Å². The molecule has 30 heavy (non-hydrogen) atoms. The molecule has 0 bridgehead atoms. The number of aromatic amines is 1. The van der Waals surface area contributed by atoms with Crippen molar-refractivity contribution in [3.63, 3.8) is 0 Å². The van der Waals surface area contributed by atoms with E-state index in [2.05, 4.69) is 34.3 Å². The molecule has 8 heteroatoms. The minimum absolute atomic E-state index is 0.171. The van der Waals surface area contributed by atoms with E-state index in [-0.39, 0.29) is 11.9 Å². The Bertz CT molecular complexity index is 983. The van der Waals surface area contributed by atoms with Gasteiger partial charge in [0.25, 0.3) is 5.91 Å². The molecule has 0 aliphatic heterocycles. The third-order valence-corrected chi connectivity index (χ3v) is 4.45.